The fraction of sp³-hybridized carbons (Fsp3) is 0.727. The van der Waals surface area contributed by atoms with Gasteiger partial charge in [0.15, 0.2) is 0 Å². The summed E-state index contributed by atoms with van der Waals surface area (Å²) >= 11 is 0. The number of hydrogen-bond acceptors (Lipinski definition) is 3. The first kappa shape index (κ1) is 12.2. The van der Waals surface area contributed by atoms with Gasteiger partial charge in [-0.3, -0.25) is 4.68 Å². The summed E-state index contributed by atoms with van der Waals surface area (Å²) in [6.07, 6.45) is 1.84. The smallest absolute Gasteiger partial charge is 0.0729 e. The van der Waals surface area contributed by atoms with Crippen molar-refractivity contribution in [3.63, 3.8) is 0 Å². The molecule has 1 aromatic heterocycles. The first-order valence-electron chi connectivity index (χ1n) is 5.66. The lowest BCUT2D eigenvalue weighted by Crippen LogP contribution is -2.27. The van der Waals surface area contributed by atoms with Crippen LogP contribution in [0.25, 0.3) is 0 Å². The summed E-state index contributed by atoms with van der Waals surface area (Å²) in [7, 11) is 0. The SMILES string of the molecule is CCNC(COCC)c1ccnn1CC. The molecule has 0 aliphatic carbocycles. The maximum absolute atomic E-state index is 5.47. The lowest BCUT2D eigenvalue weighted by molar-refractivity contribution is 0.121. The third-order valence-electron chi connectivity index (χ3n) is 2.35. The zero-order chi connectivity index (χ0) is 11.1. The van der Waals surface area contributed by atoms with Gasteiger partial charge < -0.3 is 10.1 Å². The van der Waals surface area contributed by atoms with Crippen molar-refractivity contribution in [2.24, 2.45) is 0 Å². The van der Waals surface area contributed by atoms with Crippen LogP contribution in [-0.4, -0.2) is 29.5 Å². The first-order valence-corrected chi connectivity index (χ1v) is 5.66. The molecular formula is C11H21N3O. The summed E-state index contributed by atoms with van der Waals surface area (Å²) in [5.74, 6) is 0. The van der Waals surface area contributed by atoms with Crippen LogP contribution in [0.4, 0.5) is 0 Å². The highest BCUT2D eigenvalue weighted by molar-refractivity contribution is 5.07. The van der Waals surface area contributed by atoms with Crippen molar-refractivity contribution in [1.29, 1.82) is 0 Å². The van der Waals surface area contributed by atoms with E-state index in [4.69, 9.17) is 4.74 Å². The maximum atomic E-state index is 5.47. The molecule has 0 amide bonds. The zero-order valence-electron chi connectivity index (χ0n) is 9.86. The Labute approximate surface area is 91.6 Å². The molecule has 4 heteroatoms. The van der Waals surface area contributed by atoms with Gasteiger partial charge in [0.2, 0.25) is 0 Å². The molecule has 86 valence electrons. The highest BCUT2D eigenvalue weighted by atomic mass is 16.5. The lowest BCUT2D eigenvalue weighted by atomic mass is 10.2. The van der Waals surface area contributed by atoms with E-state index in [-0.39, 0.29) is 6.04 Å². The molecule has 1 atom stereocenters. The predicted octanol–water partition coefficient (Wildman–Crippen LogP) is 1.59. The van der Waals surface area contributed by atoms with E-state index in [1.165, 1.54) is 5.69 Å². The van der Waals surface area contributed by atoms with Crippen molar-refractivity contribution in [1.82, 2.24) is 15.1 Å². The average Bonchev–Trinajstić information content (AvgIpc) is 2.72. The Morgan fingerprint density at radius 1 is 1.47 bits per heavy atom. The summed E-state index contributed by atoms with van der Waals surface area (Å²) in [6.45, 7) is 9.51. The summed E-state index contributed by atoms with van der Waals surface area (Å²) in [6, 6.07) is 2.30. The Morgan fingerprint density at radius 2 is 2.27 bits per heavy atom. The van der Waals surface area contributed by atoms with Crippen LogP contribution < -0.4 is 5.32 Å². The van der Waals surface area contributed by atoms with Crippen LogP contribution in [0.5, 0.6) is 0 Å². The zero-order valence-corrected chi connectivity index (χ0v) is 9.86. The standard InChI is InChI=1S/C11H21N3O/c1-4-12-10(9-15-6-3)11-7-8-13-14(11)5-2/h7-8,10,12H,4-6,9H2,1-3H3. The van der Waals surface area contributed by atoms with Gasteiger partial charge in [0.1, 0.15) is 0 Å². The molecule has 1 N–H and O–H groups in total. The molecular weight excluding hydrogens is 190 g/mol. The molecule has 0 bridgehead atoms. The number of rotatable bonds is 7. The summed E-state index contributed by atoms with van der Waals surface area (Å²) in [4.78, 5) is 0. The highest BCUT2D eigenvalue weighted by Crippen LogP contribution is 2.12. The fourth-order valence-corrected chi connectivity index (χ4v) is 1.63. The van der Waals surface area contributed by atoms with E-state index in [0.29, 0.717) is 6.61 Å². The molecule has 0 spiro atoms. The molecule has 0 aliphatic heterocycles. The first-order chi connectivity index (χ1) is 7.33. The lowest BCUT2D eigenvalue weighted by Gasteiger charge is -2.18. The van der Waals surface area contributed by atoms with Gasteiger partial charge in [0.25, 0.3) is 0 Å². The van der Waals surface area contributed by atoms with Gasteiger partial charge in [-0.25, -0.2) is 0 Å². The maximum Gasteiger partial charge on any atom is 0.0729 e. The van der Waals surface area contributed by atoms with Gasteiger partial charge in [-0.15, -0.1) is 0 Å². The van der Waals surface area contributed by atoms with E-state index in [0.717, 1.165) is 19.7 Å². The molecule has 0 saturated carbocycles. The number of aromatic nitrogens is 2. The van der Waals surface area contributed by atoms with Crippen LogP contribution in [0.2, 0.25) is 0 Å². The van der Waals surface area contributed by atoms with E-state index < -0.39 is 0 Å². The molecule has 1 rings (SSSR count). The normalized spacial score (nSPS) is 13.0. The molecule has 0 aliphatic rings. The van der Waals surface area contributed by atoms with Crippen molar-refractivity contribution >= 4 is 0 Å². The second-order valence-electron chi connectivity index (χ2n) is 3.34. The predicted molar refractivity (Wildman–Crippen MR) is 60.8 cm³/mol. The van der Waals surface area contributed by atoms with Crippen LogP contribution >= 0.6 is 0 Å². The minimum Gasteiger partial charge on any atom is -0.380 e. The second-order valence-corrected chi connectivity index (χ2v) is 3.34. The molecule has 0 radical (unpaired) electrons. The van der Waals surface area contributed by atoms with E-state index in [1.807, 2.05) is 17.8 Å². The van der Waals surface area contributed by atoms with Crippen LogP contribution in [0.1, 0.15) is 32.5 Å². The Bertz CT molecular complexity index is 273. The Morgan fingerprint density at radius 3 is 2.87 bits per heavy atom. The minimum atomic E-state index is 0.248. The summed E-state index contributed by atoms with van der Waals surface area (Å²) < 4.78 is 7.47. The molecule has 1 aromatic rings. The van der Waals surface area contributed by atoms with Crippen LogP contribution in [-0.2, 0) is 11.3 Å². The number of nitrogens with zero attached hydrogens (tertiary/aromatic N) is 2. The molecule has 4 nitrogen and oxygen atoms in total. The van der Waals surface area contributed by atoms with Crippen molar-refractivity contribution in [3.05, 3.63) is 18.0 Å². The van der Waals surface area contributed by atoms with Crippen LogP contribution in [0.15, 0.2) is 12.3 Å². The molecule has 0 saturated heterocycles. The monoisotopic (exact) mass is 211 g/mol. The van der Waals surface area contributed by atoms with Gasteiger partial charge in [-0.05, 0) is 26.5 Å². The number of likely N-dealkylation sites (N-methyl/N-ethyl adjacent to an activating group) is 1. The number of hydrogen-bond donors (Lipinski definition) is 1. The quantitative estimate of drug-likeness (QED) is 0.744. The summed E-state index contributed by atoms with van der Waals surface area (Å²) in [5, 5.41) is 7.68. The highest BCUT2D eigenvalue weighted by Gasteiger charge is 2.14. The molecule has 1 unspecified atom stereocenters. The number of aryl methyl sites for hydroxylation is 1. The Balaban J connectivity index is 2.69. The van der Waals surface area contributed by atoms with E-state index in [2.05, 4.69) is 30.3 Å². The largest absolute Gasteiger partial charge is 0.380 e. The van der Waals surface area contributed by atoms with Gasteiger partial charge >= 0.3 is 0 Å². The topological polar surface area (TPSA) is 39.1 Å². The van der Waals surface area contributed by atoms with Crippen LogP contribution in [0, 0.1) is 0 Å². The van der Waals surface area contributed by atoms with E-state index in [9.17, 15) is 0 Å². The molecule has 0 aromatic carbocycles. The van der Waals surface area contributed by atoms with Gasteiger partial charge in [0.05, 0.1) is 18.3 Å². The third kappa shape index (κ3) is 3.32. The van der Waals surface area contributed by atoms with Crippen LogP contribution in [0.3, 0.4) is 0 Å². The summed E-state index contributed by atoms with van der Waals surface area (Å²) in [5.41, 5.74) is 1.20. The molecule has 0 fully saturated rings. The molecule has 15 heavy (non-hydrogen) atoms. The Hall–Kier alpha value is -0.870. The van der Waals surface area contributed by atoms with Crippen molar-refractivity contribution in [3.8, 4) is 0 Å². The Kier molecular flexibility index (Phi) is 5.36. The second kappa shape index (κ2) is 6.58. The minimum absolute atomic E-state index is 0.248. The van der Waals surface area contributed by atoms with Gasteiger partial charge in [0, 0.05) is 19.3 Å². The average molecular weight is 211 g/mol. The molecule has 1 heterocycles. The van der Waals surface area contributed by atoms with Crippen molar-refractivity contribution < 1.29 is 4.74 Å². The van der Waals surface area contributed by atoms with Gasteiger partial charge in [-0.2, -0.15) is 5.10 Å². The number of nitrogens with one attached hydrogen (secondary N) is 1. The third-order valence-corrected chi connectivity index (χ3v) is 2.35. The van der Waals surface area contributed by atoms with Crippen molar-refractivity contribution in [2.45, 2.75) is 33.4 Å². The fourth-order valence-electron chi connectivity index (χ4n) is 1.63. The van der Waals surface area contributed by atoms with Gasteiger partial charge in [-0.1, -0.05) is 6.92 Å². The van der Waals surface area contributed by atoms with E-state index in [1.54, 1.807) is 0 Å². The van der Waals surface area contributed by atoms with E-state index >= 15 is 0 Å². The van der Waals surface area contributed by atoms with Crippen molar-refractivity contribution in [2.75, 3.05) is 19.8 Å². The number of ether oxygens (including phenoxy) is 1.